The summed E-state index contributed by atoms with van der Waals surface area (Å²) in [6.45, 7) is 1.57. The molecule has 1 aromatic carbocycles. The van der Waals surface area contributed by atoms with Crippen LogP contribution in [0, 0.1) is 0 Å². The lowest BCUT2D eigenvalue weighted by Crippen LogP contribution is -2.43. The van der Waals surface area contributed by atoms with E-state index in [1.165, 1.54) is 11.3 Å². The summed E-state index contributed by atoms with van der Waals surface area (Å²) >= 11 is 7.29. The van der Waals surface area contributed by atoms with Crippen molar-refractivity contribution in [3.05, 3.63) is 51.7 Å². The highest BCUT2D eigenvalue weighted by molar-refractivity contribution is 7.08. The van der Waals surface area contributed by atoms with Crippen LogP contribution in [0.5, 0.6) is 0 Å². The Morgan fingerprint density at radius 3 is 2.44 bits per heavy atom. The Balaban J connectivity index is 1.96. The maximum Gasteiger partial charge on any atom is 0.252 e. The van der Waals surface area contributed by atoms with Gasteiger partial charge in [0.15, 0.2) is 0 Å². The molecule has 2 amide bonds. The van der Waals surface area contributed by atoms with E-state index in [0.29, 0.717) is 29.1 Å². The summed E-state index contributed by atoms with van der Waals surface area (Å²) in [7, 11) is 0. The summed E-state index contributed by atoms with van der Waals surface area (Å²) in [5, 5.41) is 9.78. The van der Waals surface area contributed by atoms with Crippen molar-refractivity contribution in [3.63, 3.8) is 0 Å². The summed E-state index contributed by atoms with van der Waals surface area (Å²) in [6, 6.07) is 7.89. The van der Waals surface area contributed by atoms with Gasteiger partial charge < -0.3 is 15.4 Å². The van der Waals surface area contributed by atoms with E-state index < -0.39 is 6.04 Å². The highest BCUT2D eigenvalue weighted by Crippen LogP contribution is 2.15. The summed E-state index contributed by atoms with van der Waals surface area (Å²) < 4.78 is 0. The lowest BCUT2D eigenvalue weighted by Gasteiger charge is -2.18. The first kappa shape index (κ1) is 21.1. The minimum absolute atomic E-state index is 0.165. The molecule has 0 aliphatic rings. The van der Waals surface area contributed by atoms with E-state index in [1.54, 1.807) is 42.6 Å². The van der Waals surface area contributed by atoms with E-state index in [9.17, 15) is 14.4 Å². The van der Waals surface area contributed by atoms with E-state index in [2.05, 4.69) is 10.6 Å². The normalized spacial score (nSPS) is 11.6. The zero-order valence-electron chi connectivity index (χ0n) is 15.2. The summed E-state index contributed by atoms with van der Waals surface area (Å²) in [4.78, 5) is 36.0. The third-order valence-corrected chi connectivity index (χ3v) is 4.97. The number of hydrogen-bond donors (Lipinski definition) is 2. The van der Waals surface area contributed by atoms with Crippen LogP contribution in [0.2, 0.25) is 5.02 Å². The molecule has 0 saturated heterocycles. The van der Waals surface area contributed by atoms with Gasteiger partial charge in [-0.2, -0.15) is 11.3 Å². The van der Waals surface area contributed by atoms with Gasteiger partial charge in [0, 0.05) is 22.5 Å². The molecule has 1 heterocycles. The van der Waals surface area contributed by atoms with Crippen molar-refractivity contribution in [2.75, 3.05) is 5.32 Å². The fourth-order valence-electron chi connectivity index (χ4n) is 2.57. The second-order valence-corrected chi connectivity index (χ2v) is 7.55. The molecule has 0 radical (unpaired) electrons. The first-order valence-electron chi connectivity index (χ1n) is 8.84. The predicted molar refractivity (Wildman–Crippen MR) is 109 cm³/mol. The zero-order valence-corrected chi connectivity index (χ0v) is 16.7. The van der Waals surface area contributed by atoms with Gasteiger partial charge in [0.05, 0.1) is 5.56 Å². The van der Waals surface area contributed by atoms with Gasteiger partial charge in [0.1, 0.15) is 11.8 Å². The van der Waals surface area contributed by atoms with Crippen LogP contribution in [0.25, 0.3) is 0 Å². The van der Waals surface area contributed by atoms with Crippen molar-refractivity contribution in [2.24, 2.45) is 0 Å². The van der Waals surface area contributed by atoms with Crippen LogP contribution in [-0.4, -0.2) is 23.6 Å². The maximum absolute atomic E-state index is 12.7. The molecule has 2 aromatic rings. The molecule has 0 unspecified atom stereocenters. The van der Waals surface area contributed by atoms with Gasteiger partial charge in [0.2, 0.25) is 5.91 Å². The molecule has 1 atom stereocenters. The quantitative estimate of drug-likeness (QED) is 0.562. The van der Waals surface area contributed by atoms with Crippen LogP contribution in [0.1, 0.15) is 49.4 Å². The smallest absolute Gasteiger partial charge is 0.252 e. The van der Waals surface area contributed by atoms with E-state index in [0.717, 1.165) is 19.3 Å². The van der Waals surface area contributed by atoms with Crippen LogP contribution in [0.4, 0.5) is 5.69 Å². The molecule has 0 fully saturated rings. The van der Waals surface area contributed by atoms with Crippen molar-refractivity contribution in [3.8, 4) is 0 Å². The van der Waals surface area contributed by atoms with E-state index in [1.807, 2.05) is 5.38 Å². The Morgan fingerprint density at radius 2 is 1.81 bits per heavy atom. The molecular weight excluding hydrogens is 384 g/mol. The average Bonchev–Trinajstić information content (AvgIpc) is 3.16. The molecule has 0 aliphatic carbocycles. The number of nitrogens with one attached hydrogen (secondary N) is 2. The van der Waals surface area contributed by atoms with Crippen molar-refractivity contribution < 1.29 is 14.4 Å². The Labute approximate surface area is 168 Å². The largest absolute Gasteiger partial charge is 0.340 e. The van der Waals surface area contributed by atoms with Gasteiger partial charge in [-0.15, -0.1) is 0 Å². The van der Waals surface area contributed by atoms with Gasteiger partial charge in [0.25, 0.3) is 5.91 Å². The number of anilines is 1. The summed E-state index contributed by atoms with van der Waals surface area (Å²) in [5.74, 6) is -0.374. The number of thiophene rings is 1. The number of carbonyl (C=O) groups is 3. The molecule has 144 valence electrons. The highest BCUT2D eigenvalue weighted by Gasteiger charge is 2.21. The molecule has 2 N–H and O–H groups in total. The van der Waals surface area contributed by atoms with Crippen molar-refractivity contribution in [1.29, 1.82) is 0 Å². The molecule has 7 heteroatoms. The molecular formula is C20H23ClN2O3S. The molecule has 2 rings (SSSR count). The molecule has 0 saturated carbocycles. The predicted octanol–water partition coefficient (Wildman–Crippen LogP) is 4.68. The first-order valence-corrected chi connectivity index (χ1v) is 10.2. The van der Waals surface area contributed by atoms with Crippen LogP contribution in [0.3, 0.4) is 0 Å². The van der Waals surface area contributed by atoms with E-state index in [4.69, 9.17) is 11.6 Å². The molecule has 0 bridgehead atoms. The molecule has 1 aromatic heterocycles. The lowest BCUT2D eigenvalue weighted by atomic mass is 10.0. The second-order valence-electron chi connectivity index (χ2n) is 6.34. The van der Waals surface area contributed by atoms with Crippen molar-refractivity contribution in [2.45, 2.75) is 45.1 Å². The maximum atomic E-state index is 12.7. The molecule has 27 heavy (non-hydrogen) atoms. The number of ketones is 1. The Hall–Kier alpha value is -2.18. The number of halogens is 1. The third kappa shape index (κ3) is 7.53. The fourth-order valence-corrected chi connectivity index (χ4v) is 3.33. The number of benzene rings is 1. The average molecular weight is 407 g/mol. The SMILES string of the molecule is CC(=O)CCCCC[C@H](NC(=O)c1ccsc1)C(=O)Nc1ccc(Cl)cc1. The first-order chi connectivity index (χ1) is 13.0. The standard InChI is InChI=1S/C20H23ClN2O3S/c1-14(24)5-3-2-4-6-18(23-19(25)15-11-12-27-13-15)20(26)22-17-9-7-16(21)8-10-17/h7-13,18H,2-6H2,1H3,(H,22,26)(H,23,25)/t18-/m0/s1. The Kier molecular flexibility index (Phi) is 8.48. The number of amides is 2. The number of unbranched alkanes of at least 4 members (excludes halogenated alkanes) is 2. The monoisotopic (exact) mass is 406 g/mol. The minimum Gasteiger partial charge on any atom is -0.340 e. The Bertz CT molecular complexity index is 760. The molecule has 0 spiro atoms. The zero-order chi connectivity index (χ0) is 19.6. The second kappa shape index (κ2) is 10.8. The van der Waals surface area contributed by atoms with Crippen molar-refractivity contribution >= 4 is 46.2 Å². The van der Waals surface area contributed by atoms with E-state index >= 15 is 0 Å². The number of rotatable bonds is 10. The number of hydrogen-bond acceptors (Lipinski definition) is 4. The van der Waals surface area contributed by atoms with Gasteiger partial charge in [-0.05, 0) is 55.5 Å². The highest BCUT2D eigenvalue weighted by atomic mass is 35.5. The molecule has 5 nitrogen and oxygen atoms in total. The lowest BCUT2D eigenvalue weighted by molar-refractivity contribution is -0.118. The van der Waals surface area contributed by atoms with Crippen LogP contribution >= 0.6 is 22.9 Å². The van der Waals surface area contributed by atoms with Crippen LogP contribution in [0.15, 0.2) is 41.1 Å². The van der Waals surface area contributed by atoms with Gasteiger partial charge in [-0.25, -0.2) is 0 Å². The number of carbonyl (C=O) groups excluding carboxylic acids is 3. The fraction of sp³-hybridized carbons (Fsp3) is 0.350. The summed E-state index contributed by atoms with van der Waals surface area (Å²) in [5.41, 5.74) is 1.16. The van der Waals surface area contributed by atoms with Crippen molar-refractivity contribution in [1.82, 2.24) is 5.32 Å². The van der Waals surface area contributed by atoms with Gasteiger partial charge in [-0.1, -0.05) is 24.4 Å². The topological polar surface area (TPSA) is 75.3 Å². The van der Waals surface area contributed by atoms with Gasteiger partial charge in [-0.3, -0.25) is 9.59 Å². The minimum atomic E-state index is -0.648. The van der Waals surface area contributed by atoms with Crippen LogP contribution in [-0.2, 0) is 9.59 Å². The molecule has 0 aliphatic heterocycles. The Morgan fingerprint density at radius 1 is 1.07 bits per heavy atom. The third-order valence-electron chi connectivity index (χ3n) is 4.04. The number of Topliss-reactive ketones (excluding diaryl/α,β-unsaturated/α-hetero) is 1. The van der Waals surface area contributed by atoms with Gasteiger partial charge >= 0.3 is 0 Å². The van der Waals surface area contributed by atoms with Crippen LogP contribution < -0.4 is 10.6 Å². The summed E-state index contributed by atoms with van der Waals surface area (Å²) in [6.07, 6.45) is 3.42. The van der Waals surface area contributed by atoms with E-state index in [-0.39, 0.29) is 17.6 Å².